The summed E-state index contributed by atoms with van der Waals surface area (Å²) in [6.07, 6.45) is 0. The number of phenols is 1. The second-order valence-electron chi connectivity index (χ2n) is 7.41. The van der Waals surface area contributed by atoms with Crippen LogP contribution in [0, 0.1) is 10.1 Å². The van der Waals surface area contributed by atoms with Crippen molar-refractivity contribution < 1.29 is 23.2 Å². The third kappa shape index (κ3) is 4.43. The van der Waals surface area contributed by atoms with Crippen molar-refractivity contribution in [3.05, 3.63) is 52.6 Å². The Morgan fingerprint density at radius 1 is 0.903 bits per heavy atom. The van der Waals surface area contributed by atoms with Gasteiger partial charge in [0.1, 0.15) is 11.4 Å². The Morgan fingerprint density at radius 2 is 1.52 bits per heavy atom. The van der Waals surface area contributed by atoms with E-state index in [4.69, 9.17) is 4.74 Å². The molecule has 2 heterocycles. The molecule has 2 fully saturated rings. The first kappa shape index (κ1) is 21.3. The summed E-state index contributed by atoms with van der Waals surface area (Å²) < 4.78 is 32.3. The van der Waals surface area contributed by atoms with Gasteiger partial charge >= 0.3 is 0 Å². The van der Waals surface area contributed by atoms with Gasteiger partial charge in [0.25, 0.3) is 5.69 Å². The predicted molar refractivity (Wildman–Crippen MR) is 115 cm³/mol. The van der Waals surface area contributed by atoms with Crippen molar-refractivity contribution in [3.63, 3.8) is 0 Å². The van der Waals surface area contributed by atoms with E-state index in [2.05, 4.69) is 4.90 Å². The van der Waals surface area contributed by atoms with Gasteiger partial charge in [0.15, 0.2) is 0 Å². The molecule has 11 heteroatoms. The van der Waals surface area contributed by atoms with Crippen LogP contribution in [0.3, 0.4) is 0 Å². The Morgan fingerprint density at radius 3 is 2.13 bits per heavy atom. The minimum Gasteiger partial charge on any atom is -0.508 e. The molecular weight excluding hydrogens is 424 g/mol. The third-order valence-corrected chi connectivity index (χ3v) is 7.48. The number of piperazine rings is 1. The zero-order chi connectivity index (χ0) is 22.0. The molecule has 0 atom stereocenters. The van der Waals surface area contributed by atoms with E-state index in [1.807, 2.05) is 17.0 Å². The van der Waals surface area contributed by atoms with Crippen LogP contribution in [0.1, 0.15) is 0 Å². The highest BCUT2D eigenvalue weighted by atomic mass is 32.2. The van der Waals surface area contributed by atoms with E-state index >= 15 is 0 Å². The van der Waals surface area contributed by atoms with E-state index in [0.29, 0.717) is 45.1 Å². The average Bonchev–Trinajstić information content (AvgIpc) is 2.80. The number of hydrogen-bond donors (Lipinski definition) is 1. The van der Waals surface area contributed by atoms with Gasteiger partial charge in [-0.2, -0.15) is 4.31 Å². The van der Waals surface area contributed by atoms with Crippen LogP contribution in [0.15, 0.2) is 47.4 Å². The smallest absolute Gasteiger partial charge is 0.293 e. The van der Waals surface area contributed by atoms with E-state index < -0.39 is 14.9 Å². The first-order valence-corrected chi connectivity index (χ1v) is 11.5. The number of rotatable bonds is 5. The van der Waals surface area contributed by atoms with Crippen molar-refractivity contribution in [2.24, 2.45) is 0 Å². The molecule has 1 N–H and O–H groups in total. The minimum atomic E-state index is -3.81. The molecule has 166 valence electrons. The lowest BCUT2D eigenvalue weighted by Gasteiger charge is -2.37. The van der Waals surface area contributed by atoms with Crippen molar-refractivity contribution in [2.75, 3.05) is 62.3 Å². The molecule has 0 spiro atoms. The van der Waals surface area contributed by atoms with E-state index in [1.165, 1.54) is 16.4 Å². The molecule has 0 aromatic heterocycles. The molecule has 31 heavy (non-hydrogen) atoms. The quantitative estimate of drug-likeness (QED) is 0.542. The fourth-order valence-corrected chi connectivity index (χ4v) is 5.31. The second-order valence-corrected chi connectivity index (χ2v) is 9.35. The molecule has 2 saturated heterocycles. The molecule has 2 aromatic carbocycles. The van der Waals surface area contributed by atoms with Gasteiger partial charge in [-0.3, -0.25) is 10.1 Å². The average molecular weight is 449 g/mol. The number of anilines is 2. The maximum Gasteiger partial charge on any atom is 0.293 e. The Balaban J connectivity index is 1.54. The molecule has 4 rings (SSSR count). The van der Waals surface area contributed by atoms with Gasteiger partial charge in [-0.15, -0.1) is 0 Å². The van der Waals surface area contributed by atoms with Crippen LogP contribution < -0.4 is 9.80 Å². The van der Waals surface area contributed by atoms with Crippen LogP contribution in [-0.4, -0.2) is 75.2 Å². The first-order chi connectivity index (χ1) is 14.9. The summed E-state index contributed by atoms with van der Waals surface area (Å²) in [7, 11) is -3.81. The van der Waals surface area contributed by atoms with E-state index in [9.17, 15) is 23.6 Å². The van der Waals surface area contributed by atoms with Crippen LogP contribution in [-0.2, 0) is 14.8 Å². The van der Waals surface area contributed by atoms with Gasteiger partial charge in [0, 0.05) is 51.0 Å². The molecule has 0 aliphatic carbocycles. The third-order valence-electron chi connectivity index (χ3n) is 5.59. The highest BCUT2D eigenvalue weighted by Crippen LogP contribution is 2.33. The molecule has 2 aliphatic rings. The number of nitro groups is 1. The Bertz CT molecular complexity index is 1050. The molecule has 0 saturated carbocycles. The summed E-state index contributed by atoms with van der Waals surface area (Å²) in [5.74, 6) is 0.199. The standard InChI is InChI=1S/C20H24N4O6S/c25-17-3-1-16(2-4-17)21-7-9-22(10-8-21)19-6-5-18(15-20(19)24(26)27)31(28,29)23-11-13-30-14-12-23/h1-6,15,25H,7-14H2. The van der Waals surface area contributed by atoms with Gasteiger partial charge < -0.3 is 19.6 Å². The largest absolute Gasteiger partial charge is 0.508 e. The monoisotopic (exact) mass is 448 g/mol. The van der Waals surface area contributed by atoms with E-state index in [-0.39, 0.29) is 29.4 Å². The number of aromatic hydroxyl groups is 1. The van der Waals surface area contributed by atoms with Crippen molar-refractivity contribution in [1.82, 2.24) is 4.31 Å². The zero-order valence-corrected chi connectivity index (χ0v) is 17.7. The van der Waals surface area contributed by atoms with Gasteiger partial charge in [0.05, 0.1) is 23.0 Å². The second kappa shape index (κ2) is 8.69. The molecule has 2 aromatic rings. The van der Waals surface area contributed by atoms with Crippen LogP contribution in [0.25, 0.3) is 0 Å². The topological polar surface area (TPSA) is 116 Å². The molecular formula is C20H24N4O6S. The molecule has 10 nitrogen and oxygen atoms in total. The lowest BCUT2D eigenvalue weighted by atomic mass is 10.2. The predicted octanol–water partition coefficient (Wildman–Crippen LogP) is 1.65. The first-order valence-electron chi connectivity index (χ1n) is 10.0. The van der Waals surface area contributed by atoms with Crippen molar-refractivity contribution >= 4 is 27.1 Å². The number of nitrogens with zero attached hydrogens (tertiary/aromatic N) is 4. The number of morpholine rings is 1. The van der Waals surface area contributed by atoms with Gasteiger partial charge in [0.2, 0.25) is 10.0 Å². The maximum absolute atomic E-state index is 12.9. The van der Waals surface area contributed by atoms with Crippen molar-refractivity contribution in [1.29, 1.82) is 0 Å². The number of phenolic OH excluding ortho intramolecular Hbond substituents is 1. The fourth-order valence-electron chi connectivity index (χ4n) is 3.88. The number of nitro benzene ring substituents is 1. The summed E-state index contributed by atoms with van der Waals surface area (Å²) in [6, 6.07) is 11.0. The lowest BCUT2D eigenvalue weighted by molar-refractivity contribution is -0.384. The Labute approximate surface area is 180 Å². The normalized spacial score (nSPS) is 18.2. The van der Waals surface area contributed by atoms with Crippen molar-refractivity contribution in [2.45, 2.75) is 4.90 Å². The highest BCUT2D eigenvalue weighted by molar-refractivity contribution is 7.89. The van der Waals surface area contributed by atoms with Crippen LogP contribution in [0.2, 0.25) is 0 Å². The summed E-state index contributed by atoms with van der Waals surface area (Å²) in [6.45, 7) is 3.49. The Hall–Kier alpha value is -2.89. The summed E-state index contributed by atoms with van der Waals surface area (Å²) in [5.41, 5.74) is 1.17. The maximum atomic E-state index is 12.9. The van der Waals surface area contributed by atoms with Gasteiger partial charge in [-0.1, -0.05) is 0 Å². The number of hydrogen-bond acceptors (Lipinski definition) is 8. The van der Waals surface area contributed by atoms with Crippen LogP contribution >= 0.6 is 0 Å². The molecule has 0 unspecified atom stereocenters. The minimum absolute atomic E-state index is 0.0763. The van der Waals surface area contributed by atoms with Crippen LogP contribution in [0.4, 0.5) is 17.1 Å². The SMILES string of the molecule is O=[N+]([O-])c1cc(S(=O)(=O)N2CCOCC2)ccc1N1CCN(c2ccc(O)cc2)CC1. The lowest BCUT2D eigenvalue weighted by Crippen LogP contribution is -2.46. The molecule has 2 aliphatic heterocycles. The van der Waals surface area contributed by atoms with Gasteiger partial charge in [-0.25, -0.2) is 8.42 Å². The fraction of sp³-hybridized carbons (Fsp3) is 0.400. The summed E-state index contributed by atoms with van der Waals surface area (Å²) in [5, 5.41) is 21.2. The summed E-state index contributed by atoms with van der Waals surface area (Å²) >= 11 is 0. The number of benzene rings is 2. The zero-order valence-electron chi connectivity index (χ0n) is 16.9. The molecule has 0 radical (unpaired) electrons. The number of sulfonamides is 1. The summed E-state index contributed by atoms with van der Waals surface area (Å²) in [4.78, 5) is 15.2. The number of ether oxygens (including phenoxy) is 1. The van der Waals surface area contributed by atoms with E-state index in [0.717, 1.165) is 11.8 Å². The van der Waals surface area contributed by atoms with Crippen molar-refractivity contribution in [3.8, 4) is 5.75 Å². The van der Waals surface area contributed by atoms with Crippen LogP contribution in [0.5, 0.6) is 5.75 Å². The highest BCUT2D eigenvalue weighted by Gasteiger charge is 2.30. The Kier molecular flexibility index (Phi) is 5.99. The van der Waals surface area contributed by atoms with Gasteiger partial charge in [-0.05, 0) is 36.4 Å². The van der Waals surface area contributed by atoms with E-state index in [1.54, 1.807) is 12.1 Å². The molecule has 0 amide bonds. The molecule has 0 bridgehead atoms.